The van der Waals surface area contributed by atoms with E-state index in [4.69, 9.17) is 0 Å². The van der Waals surface area contributed by atoms with Crippen molar-refractivity contribution in [3.8, 4) is 27.9 Å². The molecule has 0 aliphatic rings. The molecule has 10 aromatic carbocycles. The zero-order valence-electron chi connectivity index (χ0n) is 32.1. The van der Waals surface area contributed by atoms with Gasteiger partial charge in [-0.05, 0) is 104 Å². The Kier molecular flexibility index (Phi) is 7.75. The highest BCUT2D eigenvalue weighted by Crippen LogP contribution is 2.44. The van der Waals surface area contributed by atoms with E-state index in [0.29, 0.717) is 0 Å². The lowest BCUT2D eigenvalue weighted by atomic mass is 9.93. The van der Waals surface area contributed by atoms with Gasteiger partial charge < -0.3 is 9.47 Å². The highest BCUT2D eigenvalue weighted by Gasteiger charge is 2.20. The minimum atomic E-state index is 1.10. The Labute approximate surface area is 346 Å². The van der Waals surface area contributed by atoms with Crippen LogP contribution < -0.4 is 4.90 Å². The maximum atomic E-state index is 2.46. The van der Waals surface area contributed by atoms with Gasteiger partial charge in [-0.15, -0.1) is 11.3 Å². The van der Waals surface area contributed by atoms with Crippen molar-refractivity contribution < 1.29 is 0 Å². The van der Waals surface area contributed by atoms with Crippen molar-refractivity contribution in [3.05, 3.63) is 218 Å². The Bertz CT molecular complexity index is 3560. The Morgan fingerprint density at radius 1 is 0.339 bits per heavy atom. The van der Waals surface area contributed by atoms with Gasteiger partial charge in [0, 0.05) is 53.7 Å². The average molecular weight is 769 g/mol. The van der Waals surface area contributed by atoms with Crippen LogP contribution in [0.2, 0.25) is 0 Å². The molecule has 3 heteroatoms. The molecule has 0 spiro atoms. The molecule has 59 heavy (non-hydrogen) atoms. The van der Waals surface area contributed by atoms with Crippen molar-refractivity contribution in [1.82, 2.24) is 4.57 Å². The van der Waals surface area contributed by atoms with Gasteiger partial charge in [-0.3, -0.25) is 0 Å². The Balaban J connectivity index is 1.05. The summed E-state index contributed by atoms with van der Waals surface area (Å²) in [5.74, 6) is 0. The number of aromatic nitrogens is 1. The van der Waals surface area contributed by atoms with Gasteiger partial charge in [-0.25, -0.2) is 0 Å². The van der Waals surface area contributed by atoms with Crippen LogP contribution in [0.15, 0.2) is 218 Å². The summed E-state index contributed by atoms with van der Waals surface area (Å²) in [6, 6.07) is 80.0. The van der Waals surface area contributed by atoms with Crippen LogP contribution in [0, 0.1) is 0 Å². The number of hydrogen-bond acceptors (Lipinski definition) is 2. The van der Waals surface area contributed by atoms with Gasteiger partial charge in [-0.1, -0.05) is 158 Å². The number of hydrogen-bond donors (Lipinski definition) is 0. The van der Waals surface area contributed by atoms with Gasteiger partial charge in [0.25, 0.3) is 0 Å². The van der Waals surface area contributed by atoms with E-state index in [-0.39, 0.29) is 0 Å². The molecule has 0 bridgehead atoms. The molecule has 0 radical (unpaired) electrons. The fourth-order valence-electron chi connectivity index (χ4n) is 9.22. The molecule has 0 saturated heterocycles. The summed E-state index contributed by atoms with van der Waals surface area (Å²) in [4.78, 5) is 2.42. The first-order valence-corrected chi connectivity index (χ1v) is 21.0. The minimum Gasteiger partial charge on any atom is -0.310 e. The standard InChI is InChI=1S/C56H36N2S/c1-2-12-37(13-3-1)39-24-26-40(27-25-39)47-21-10-16-41-29-33-52-56(55(41)47)50-20-6-8-22-51(50)58(52)44-18-11-17-43(35-44)57(45-30-28-38-14-4-5-15-42(38)34-45)46-31-32-49-48-19-7-9-23-53(48)59-54(49)36-46/h1-36H. The van der Waals surface area contributed by atoms with Crippen LogP contribution in [0.5, 0.6) is 0 Å². The van der Waals surface area contributed by atoms with Gasteiger partial charge in [0.2, 0.25) is 0 Å². The molecule has 0 atom stereocenters. The van der Waals surface area contributed by atoms with Crippen molar-refractivity contribution in [2.45, 2.75) is 0 Å². The highest BCUT2D eigenvalue weighted by molar-refractivity contribution is 7.25. The monoisotopic (exact) mass is 768 g/mol. The van der Waals surface area contributed by atoms with Crippen LogP contribution >= 0.6 is 11.3 Å². The molecule has 2 heterocycles. The lowest BCUT2D eigenvalue weighted by molar-refractivity contribution is 1.17. The van der Waals surface area contributed by atoms with E-state index < -0.39 is 0 Å². The SMILES string of the molecule is c1ccc(-c2ccc(-c3cccc4ccc5c(c6ccccc6n5-c5cccc(N(c6ccc7ccccc7c6)c6ccc7c(c6)sc6ccccc67)c5)c34)cc2)cc1. The maximum Gasteiger partial charge on any atom is 0.0547 e. The topological polar surface area (TPSA) is 8.17 Å². The van der Waals surface area contributed by atoms with E-state index in [1.807, 2.05) is 11.3 Å². The van der Waals surface area contributed by atoms with Crippen molar-refractivity contribution >= 4 is 91.9 Å². The molecule has 0 fully saturated rings. The molecule has 2 nitrogen and oxygen atoms in total. The summed E-state index contributed by atoms with van der Waals surface area (Å²) < 4.78 is 5.05. The smallest absolute Gasteiger partial charge is 0.0547 e. The van der Waals surface area contributed by atoms with E-state index in [2.05, 4.69) is 228 Å². The Morgan fingerprint density at radius 3 is 1.88 bits per heavy atom. The number of thiophene rings is 1. The quantitative estimate of drug-likeness (QED) is 0.164. The number of para-hydroxylation sites is 1. The van der Waals surface area contributed by atoms with Crippen molar-refractivity contribution in [1.29, 1.82) is 0 Å². The number of fused-ring (bicyclic) bond motifs is 9. The van der Waals surface area contributed by atoms with Crippen molar-refractivity contribution in [3.63, 3.8) is 0 Å². The third kappa shape index (κ3) is 5.55. The molecule has 0 amide bonds. The normalized spacial score (nSPS) is 11.7. The maximum absolute atomic E-state index is 2.46. The number of benzene rings is 10. The fourth-order valence-corrected chi connectivity index (χ4v) is 10.4. The predicted molar refractivity (Wildman–Crippen MR) is 254 cm³/mol. The van der Waals surface area contributed by atoms with Gasteiger partial charge in [0.05, 0.1) is 11.0 Å². The molecule has 0 N–H and O–H groups in total. The molecule has 276 valence electrons. The molecule has 12 rings (SSSR count). The highest BCUT2D eigenvalue weighted by atomic mass is 32.1. The van der Waals surface area contributed by atoms with Gasteiger partial charge in [-0.2, -0.15) is 0 Å². The first-order chi connectivity index (χ1) is 29.2. The molecule has 0 saturated carbocycles. The van der Waals surface area contributed by atoms with Gasteiger partial charge >= 0.3 is 0 Å². The summed E-state index contributed by atoms with van der Waals surface area (Å²) in [6.45, 7) is 0. The third-order valence-corrected chi connectivity index (χ3v) is 13.1. The van der Waals surface area contributed by atoms with Crippen LogP contribution in [0.25, 0.3) is 91.5 Å². The second kappa shape index (κ2) is 13.6. The second-order valence-corrected chi connectivity index (χ2v) is 16.4. The number of rotatable bonds is 6. The van der Waals surface area contributed by atoms with E-state index in [0.717, 1.165) is 22.7 Å². The zero-order valence-corrected chi connectivity index (χ0v) is 32.9. The molecule has 0 aliphatic heterocycles. The minimum absolute atomic E-state index is 1.10. The second-order valence-electron chi connectivity index (χ2n) is 15.3. The van der Waals surface area contributed by atoms with Crippen LogP contribution in [0.1, 0.15) is 0 Å². The van der Waals surface area contributed by atoms with Crippen molar-refractivity contribution in [2.24, 2.45) is 0 Å². The summed E-state index contributed by atoms with van der Waals surface area (Å²) in [7, 11) is 0. The molecule has 0 aliphatic carbocycles. The van der Waals surface area contributed by atoms with Crippen LogP contribution in [0.3, 0.4) is 0 Å². The fraction of sp³-hybridized carbons (Fsp3) is 0. The van der Waals surface area contributed by atoms with E-state index in [9.17, 15) is 0 Å². The summed E-state index contributed by atoms with van der Waals surface area (Å²) in [5.41, 5.74) is 11.7. The molecular weight excluding hydrogens is 733 g/mol. The molecule has 12 aromatic rings. The zero-order chi connectivity index (χ0) is 38.9. The summed E-state index contributed by atoms with van der Waals surface area (Å²) >= 11 is 1.86. The molecule has 0 unspecified atom stereocenters. The summed E-state index contributed by atoms with van der Waals surface area (Å²) in [5, 5.41) is 10.1. The Morgan fingerprint density at radius 2 is 0.983 bits per heavy atom. The van der Waals surface area contributed by atoms with Crippen molar-refractivity contribution in [2.75, 3.05) is 4.90 Å². The third-order valence-electron chi connectivity index (χ3n) is 11.9. The van der Waals surface area contributed by atoms with E-state index >= 15 is 0 Å². The summed E-state index contributed by atoms with van der Waals surface area (Å²) in [6.07, 6.45) is 0. The van der Waals surface area contributed by atoms with E-state index in [1.165, 1.54) is 85.8 Å². The molecular formula is C56H36N2S. The van der Waals surface area contributed by atoms with Gasteiger partial charge in [0.1, 0.15) is 0 Å². The largest absolute Gasteiger partial charge is 0.310 e. The van der Waals surface area contributed by atoms with Crippen LogP contribution in [-0.4, -0.2) is 4.57 Å². The van der Waals surface area contributed by atoms with Gasteiger partial charge in [0.15, 0.2) is 0 Å². The first-order valence-electron chi connectivity index (χ1n) is 20.2. The van der Waals surface area contributed by atoms with Crippen LogP contribution in [0.4, 0.5) is 17.1 Å². The van der Waals surface area contributed by atoms with E-state index in [1.54, 1.807) is 0 Å². The predicted octanol–water partition coefficient (Wildman–Crippen LogP) is 16.3. The number of anilines is 3. The first kappa shape index (κ1) is 33.7. The lowest BCUT2D eigenvalue weighted by Crippen LogP contribution is -2.10. The molecule has 2 aromatic heterocycles. The number of nitrogens with zero attached hydrogens (tertiary/aromatic N) is 2. The Hall–Kier alpha value is -7.46. The van der Waals surface area contributed by atoms with Crippen LogP contribution in [-0.2, 0) is 0 Å². The lowest BCUT2D eigenvalue weighted by Gasteiger charge is -2.26. The average Bonchev–Trinajstić information content (AvgIpc) is 3.85.